The van der Waals surface area contributed by atoms with E-state index in [1.165, 1.54) is 24.4 Å². The van der Waals surface area contributed by atoms with Crippen molar-refractivity contribution in [2.45, 2.75) is 18.9 Å². The van der Waals surface area contributed by atoms with Gasteiger partial charge >= 0.3 is 0 Å². The zero-order valence-electron chi connectivity index (χ0n) is 14.7. The minimum absolute atomic E-state index is 0.244. The van der Waals surface area contributed by atoms with Crippen LogP contribution in [0.1, 0.15) is 12.8 Å². The van der Waals surface area contributed by atoms with Gasteiger partial charge in [-0.1, -0.05) is 0 Å². The molecule has 0 N–H and O–H groups in total. The van der Waals surface area contributed by atoms with Crippen molar-refractivity contribution in [1.29, 1.82) is 0 Å². The average Bonchev–Trinajstić information content (AvgIpc) is 2.67. The summed E-state index contributed by atoms with van der Waals surface area (Å²) in [6, 6.07) is 9.94. The fraction of sp³-hybridized carbons (Fsp3) is 0.450. The molecule has 0 bridgehead atoms. The fourth-order valence-electron chi connectivity index (χ4n) is 3.90. The van der Waals surface area contributed by atoms with Crippen molar-refractivity contribution in [2.24, 2.45) is 5.92 Å². The molecule has 0 amide bonds. The van der Waals surface area contributed by atoms with Crippen LogP contribution in [0.25, 0.3) is 0 Å². The van der Waals surface area contributed by atoms with E-state index in [0.29, 0.717) is 18.6 Å². The van der Waals surface area contributed by atoms with E-state index in [1.807, 2.05) is 0 Å². The van der Waals surface area contributed by atoms with Crippen molar-refractivity contribution >= 4 is 5.82 Å². The van der Waals surface area contributed by atoms with Gasteiger partial charge in [0.15, 0.2) is 0 Å². The minimum atomic E-state index is -0.297. The Balaban J connectivity index is 1.29. The molecule has 4 rings (SSSR count). The van der Waals surface area contributed by atoms with Crippen LogP contribution in [0.4, 0.5) is 14.6 Å². The number of halogens is 2. The highest BCUT2D eigenvalue weighted by Crippen LogP contribution is 2.27. The molecule has 0 radical (unpaired) electrons. The average molecular weight is 359 g/mol. The van der Waals surface area contributed by atoms with Crippen LogP contribution >= 0.6 is 0 Å². The van der Waals surface area contributed by atoms with Crippen LogP contribution < -0.4 is 9.64 Å². The van der Waals surface area contributed by atoms with Gasteiger partial charge in [0.2, 0.25) is 0 Å². The molecule has 3 heterocycles. The maximum absolute atomic E-state index is 13.1. The lowest BCUT2D eigenvalue weighted by Gasteiger charge is -2.46. The maximum atomic E-state index is 13.1. The monoisotopic (exact) mass is 359 g/mol. The molecule has 1 aromatic carbocycles. The van der Waals surface area contributed by atoms with Gasteiger partial charge in [-0.15, -0.1) is 0 Å². The van der Waals surface area contributed by atoms with Crippen LogP contribution in [0.3, 0.4) is 0 Å². The van der Waals surface area contributed by atoms with Crippen LogP contribution in [0.15, 0.2) is 42.6 Å². The second kappa shape index (κ2) is 7.58. The van der Waals surface area contributed by atoms with Crippen molar-refractivity contribution in [3.05, 3.63) is 54.2 Å². The molecule has 2 saturated heterocycles. The minimum Gasteiger partial charge on any atom is -0.493 e. The number of rotatable bonds is 4. The Morgan fingerprint density at radius 1 is 0.962 bits per heavy atom. The number of nitrogens with zero attached hydrogens (tertiary/aromatic N) is 3. The summed E-state index contributed by atoms with van der Waals surface area (Å²) in [5.41, 5.74) is 0. The second-order valence-corrected chi connectivity index (χ2v) is 7.14. The number of anilines is 1. The van der Waals surface area contributed by atoms with E-state index in [0.717, 1.165) is 50.6 Å². The third-order valence-electron chi connectivity index (χ3n) is 5.34. The first kappa shape index (κ1) is 17.2. The van der Waals surface area contributed by atoms with Gasteiger partial charge in [-0.3, -0.25) is 4.90 Å². The number of benzene rings is 1. The van der Waals surface area contributed by atoms with Crippen LogP contribution in [0.2, 0.25) is 0 Å². The SMILES string of the molecule is Fc1ccc(OC[C@@H]2CCC3CN(c4ccc(F)cn4)CCN3C2)cc1. The molecular formula is C20H23F2N3O. The van der Waals surface area contributed by atoms with Gasteiger partial charge in [0, 0.05) is 38.1 Å². The topological polar surface area (TPSA) is 28.6 Å². The highest BCUT2D eigenvalue weighted by Gasteiger charge is 2.33. The van der Waals surface area contributed by atoms with E-state index < -0.39 is 0 Å². The quantitative estimate of drug-likeness (QED) is 0.837. The first-order valence-electron chi connectivity index (χ1n) is 9.16. The first-order valence-corrected chi connectivity index (χ1v) is 9.16. The molecule has 2 aromatic rings. The second-order valence-electron chi connectivity index (χ2n) is 7.14. The highest BCUT2D eigenvalue weighted by atomic mass is 19.1. The van der Waals surface area contributed by atoms with E-state index in [9.17, 15) is 8.78 Å². The summed E-state index contributed by atoms with van der Waals surface area (Å²) in [6.07, 6.45) is 3.52. The Kier molecular flexibility index (Phi) is 5.02. The summed E-state index contributed by atoms with van der Waals surface area (Å²) < 4.78 is 31.8. The van der Waals surface area contributed by atoms with Crippen molar-refractivity contribution in [2.75, 3.05) is 37.7 Å². The lowest BCUT2D eigenvalue weighted by Crippen LogP contribution is -2.57. The molecule has 1 unspecified atom stereocenters. The zero-order chi connectivity index (χ0) is 17.9. The van der Waals surface area contributed by atoms with Gasteiger partial charge in [0.25, 0.3) is 0 Å². The molecule has 0 spiro atoms. The molecule has 1 aromatic heterocycles. The summed E-state index contributed by atoms with van der Waals surface area (Å²) >= 11 is 0. The number of piperazine rings is 1. The molecular weight excluding hydrogens is 336 g/mol. The third kappa shape index (κ3) is 3.96. The van der Waals surface area contributed by atoms with Gasteiger partial charge in [-0.05, 0) is 49.2 Å². The number of ether oxygens (including phenoxy) is 1. The summed E-state index contributed by atoms with van der Waals surface area (Å²) in [6.45, 7) is 4.51. The molecule has 2 fully saturated rings. The lowest BCUT2D eigenvalue weighted by atomic mass is 9.91. The van der Waals surface area contributed by atoms with Gasteiger partial charge in [-0.2, -0.15) is 0 Å². The Hall–Kier alpha value is -2.21. The number of hydrogen-bond donors (Lipinski definition) is 0. The Labute approximate surface area is 152 Å². The summed E-state index contributed by atoms with van der Waals surface area (Å²) in [5, 5.41) is 0. The van der Waals surface area contributed by atoms with Crippen molar-refractivity contribution in [3.63, 3.8) is 0 Å². The number of piperidine rings is 1. The standard InChI is InChI=1S/C20H23F2N3O/c21-16-2-6-19(7-3-16)26-14-15-1-5-18-13-25(10-9-24(18)12-15)20-8-4-17(22)11-23-20/h2-4,6-8,11,15,18H,1,5,9-10,12-14H2/t15-,18?/m1/s1. The Morgan fingerprint density at radius 3 is 2.54 bits per heavy atom. The van der Waals surface area contributed by atoms with Crippen LogP contribution in [0.5, 0.6) is 5.75 Å². The molecule has 4 nitrogen and oxygen atoms in total. The molecule has 2 aliphatic heterocycles. The first-order chi connectivity index (χ1) is 12.7. The molecule has 26 heavy (non-hydrogen) atoms. The molecule has 0 aliphatic carbocycles. The lowest BCUT2D eigenvalue weighted by molar-refractivity contribution is 0.0727. The smallest absolute Gasteiger partial charge is 0.141 e. The molecule has 2 atom stereocenters. The summed E-state index contributed by atoms with van der Waals surface area (Å²) in [4.78, 5) is 8.99. The summed E-state index contributed by atoms with van der Waals surface area (Å²) in [7, 11) is 0. The molecule has 138 valence electrons. The Bertz CT molecular complexity index is 723. The van der Waals surface area contributed by atoms with E-state index in [1.54, 1.807) is 18.2 Å². The number of aromatic nitrogens is 1. The number of fused-ring (bicyclic) bond motifs is 1. The molecule has 6 heteroatoms. The Morgan fingerprint density at radius 2 is 1.77 bits per heavy atom. The van der Waals surface area contributed by atoms with E-state index in [2.05, 4.69) is 14.8 Å². The molecule has 0 saturated carbocycles. The molecule has 2 aliphatic rings. The highest BCUT2D eigenvalue weighted by molar-refractivity contribution is 5.39. The van der Waals surface area contributed by atoms with Gasteiger partial charge in [0.05, 0.1) is 12.8 Å². The van der Waals surface area contributed by atoms with Crippen molar-refractivity contribution in [1.82, 2.24) is 9.88 Å². The van der Waals surface area contributed by atoms with E-state index in [-0.39, 0.29) is 11.6 Å². The van der Waals surface area contributed by atoms with Crippen LogP contribution in [0, 0.1) is 17.6 Å². The summed E-state index contributed by atoms with van der Waals surface area (Å²) in [5.74, 6) is 1.53. The van der Waals surface area contributed by atoms with Gasteiger partial charge in [-0.25, -0.2) is 13.8 Å². The normalized spacial score (nSPS) is 23.5. The predicted octanol–water partition coefficient (Wildman–Crippen LogP) is 3.34. The fourth-order valence-corrected chi connectivity index (χ4v) is 3.90. The van der Waals surface area contributed by atoms with Crippen LogP contribution in [-0.2, 0) is 0 Å². The van der Waals surface area contributed by atoms with Gasteiger partial charge < -0.3 is 9.64 Å². The zero-order valence-corrected chi connectivity index (χ0v) is 14.7. The van der Waals surface area contributed by atoms with E-state index in [4.69, 9.17) is 4.74 Å². The van der Waals surface area contributed by atoms with Gasteiger partial charge in [0.1, 0.15) is 23.2 Å². The predicted molar refractivity (Wildman–Crippen MR) is 96.4 cm³/mol. The third-order valence-corrected chi connectivity index (χ3v) is 5.34. The number of pyridine rings is 1. The van der Waals surface area contributed by atoms with Crippen molar-refractivity contribution < 1.29 is 13.5 Å². The maximum Gasteiger partial charge on any atom is 0.141 e. The number of hydrogen-bond acceptors (Lipinski definition) is 4. The van der Waals surface area contributed by atoms with E-state index >= 15 is 0 Å². The van der Waals surface area contributed by atoms with Crippen molar-refractivity contribution in [3.8, 4) is 5.75 Å². The van der Waals surface area contributed by atoms with Crippen LogP contribution in [-0.4, -0.2) is 48.7 Å². The largest absolute Gasteiger partial charge is 0.493 e.